The third-order valence-electron chi connectivity index (χ3n) is 3.68. The third kappa shape index (κ3) is 4.77. The number of aromatic nitrogens is 2. The second-order valence-corrected chi connectivity index (χ2v) is 7.13. The molecule has 1 N–H and O–H groups in total. The number of benzene rings is 1. The molecular weight excluding hydrogens is 377 g/mol. The van der Waals surface area contributed by atoms with Crippen LogP contribution < -0.4 is 5.32 Å². The second-order valence-electron chi connectivity index (χ2n) is 6.36. The Hall–Kier alpha value is -2.05. The molecule has 1 heterocycles. The van der Waals surface area contributed by atoms with Crippen molar-refractivity contribution in [2.24, 2.45) is 5.92 Å². The number of rotatable bonds is 6. The molecule has 0 saturated carbocycles. The van der Waals surface area contributed by atoms with Crippen LogP contribution in [0.1, 0.15) is 35.5 Å². The summed E-state index contributed by atoms with van der Waals surface area (Å²) in [6, 6.07) is 5.17. The van der Waals surface area contributed by atoms with E-state index < -0.39 is 18.5 Å². The number of carbonyl (C=O) groups is 2. The highest BCUT2D eigenvalue weighted by Crippen LogP contribution is 2.23. The number of hydrogen-bond donors (Lipinski definition) is 1. The average Bonchev–Trinajstić information content (AvgIpc) is 2.83. The molecule has 0 unspecified atom stereocenters. The number of ether oxygens (including phenoxy) is 1. The molecule has 0 aliphatic heterocycles. The molecule has 0 aliphatic carbocycles. The Balaban J connectivity index is 2.01. The van der Waals surface area contributed by atoms with Crippen molar-refractivity contribution >= 4 is 40.8 Å². The number of halogens is 2. The molecule has 8 heteroatoms. The highest BCUT2D eigenvalue weighted by molar-refractivity contribution is 6.33. The molecule has 140 valence electrons. The van der Waals surface area contributed by atoms with Crippen LogP contribution in [0.5, 0.6) is 0 Å². The monoisotopic (exact) mass is 397 g/mol. The number of aryl methyl sites for hydroxylation is 1. The largest absolute Gasteiger partial charge is 0.452 e. The molecule has 1 aromatic heterocycles. The van der Waals surface area contributed by atoms with Gasteiger partial charge in [0.1, 0.15) is 10.7 Å². The summed E-state index contributed by atoms with van der Waals surface area (Å²) in [7, 11) is 0. The third-order valence-corrected chi connectivity index (χ3v) is 4.48. The van der Waals surface area contributed by atoms with Gasteiger partial charge < -0.3 is 10.1 Å². The molecule has 6 nitrogen and oxygen atoms in total. The summed E-state index contributed by atoms with van der Waals surface area (Å²) in [5.41, 5.74) is 1.95. The maximum absolute atomic E-state index is 12.3. The van der Waals surface area contributed by atoms with E-state index in [1.807, 2.05) is 13.8 Å². The van der Waals surface area contributed by atoms with Crippen LogP contribution in [0.25, 0.3) is 0 Å². The Kier molecular flexibility index (Phi) is 6.67. The first-order valence-corrected chi connectivity index (χ1v) is 8.91. The van der Waals surface area contributed by atoms with E-state index >= 15 is 0 Å². The van der Waals surface area contributed by atoms with Gasteiger partial charge in [-0.25, -0.2) is 4.79 Å². The number of anilines is 1. The summed E-state index contributed by atoms with van der Waals surface area (Å²) in [5, 5.41) is 7.68. The highest BCUT2D eigenvalue weighted by Gasteiger charge is 2.22. The molecular formula is C18H21Cl2N3O3. The van der Waals surface area contributed by atoms with E-state index in [0.717, 1.165) is 5.56 Å². The number of carbonyl (C=O) groups excluding carboxylic acids is 2. The van der Waals surface area contributed by atoms with Gasteiger partial charge in [0.2, 0.25) is 0 Å². The van der Waals surface area contributed by atoms with Crippen LogP contribution in [0.15, 0.2) is 18.2 Å². The summed E-state index contributed by atoms with van der Waals surface area (Å²) in [6.07, 6.45) is 0. The minimum absolute atomic E-state index is 0.180. The Bertz CT molecular complexity index is 831. The first-order valence-electron chi connectivity index (χ1n) is 8.15. The van der Waals surface area contributed by atoms with E-state index in [-0.39, 0.29) is 10.7 Å². The molecule has 0 spiro atoms. The minimum atomic E-state index is -0.680. The van der Waals surface area contributed by atoms with E-state index in [9.17, 15) is 9.59 Å². The van der Waals surface area contributed by atoms with E-state index in [2.05, 4.69) is 10.4 Å². The zero-order valence-corrected chi connectivity index (χ0v) is 16.6. The van der Waals surface area contributed by atoms with Gasteiger partial charge in [0.05, 0.1) is 5.69 Å². The summed E-state index contributed by atoms with van der Waals surface area (Å²) >= 11 is 12.3. The van der Waals surface area contributed by atoms with Crippen molar-refractivity contribution in [1.82, 2.24) is 9.78 Å². The second kappa shape index (κ2) is 8.56. The van der Waals surface area contributed by atoms with Crippen LogP contribution in [-0.4, -0.2) is 28.3 Å². The maximum atomic E-state index is 12.3. The fourth-order valence-corrected chi connectivity index (χ4v) is 2.88. The summed E-state index contributed by atoms with van der Waals surface area (Å²) in [5.74, 6) is -0.824. The zero-order chi connectivity index (χ0) is 19.4. The Labute approximate surface area is 162 Å². The van der Waals surface area contributed by atoms with Gasteiger partial charge in [-0.15, -0.1) is 0 Å². The van der Waals surface area contributed by atoms with Crippen molar-refractivity contribution in [3.05, 3.63) is 45.2 Å². The molecule has 2 aromatic rings. The van der Waals surface area contributed by atoms with Crippen molar-refractivity contribution in [1.29, 1.82) is 0 Å². The number of nitrogens with zero attached hydrogens (tertiary/aromatic N) is 2. The lowest BCUT2D eigenvalue weighted by Gasteiger charge is -2.10. The number of hydrogen-bond acceptors (Lipinski definition) is 4. The number of nitrogens with one attached hydrogen (secondary N) is 1. The summed E-state index contributed by atoms with van der Waals surface area (Å²) in [4.78, 5) is 24.3. The maximum Gasteiger partial charge on any atom is 0.343 e. The van der Waals surface area contributed by atoms with Crippen molar-refractivity contribution in [3.63, 3.8) is 0 Å². The quantitative estimate of drug-likeness (QED) is 0.738. The normalized spacial score (nSPS) is 10.9. The Morgan fingerprint density at radius 2 is 1.96 bits per heavy atom. The standard InChI is InChI=1S/C18H21Cl2N3O3/c1-10(2)8-23-17(20)16(12(4)22-23)18(25)26-9-15(24)21-14-7-5-6-13(19)11(14)3/h5-7,10H,8-9H2,1-4H3,(H,21,24). The molecule has 0 radical (unpaired) electrons. The lowest BCUT2D eigenvalue weighted by Crippen LogP contribution is -2.21. The van der Waals surface area contributed by atoms with Crippen molar-refractivity contribution in [2.45, 2.75) is 34.2 Å². The van der Waals surface area contributed by atoms with Crippen LogP contribution in [0.4, 0.5) is 5.69 Å². The Morgan fingerprint density at radius 3 is 2.62 bits per heavy atom. The van der Waals surface area contributed by atoms with Gasteiger partial charge in [-0.3, -0.25) is 9.48 Å². The predicted molar refractivity (Wildman–Crippen MR) is 102 cm³/mol. The lowest BCUT2D eigenvalue weighted by atomic mass is 10.2. The Morgan fingerprint density at radius 1 is 1.27 bits per heavy atom. The number of amides is 1. The molecule has 1 amide bonds. The zero-order valence-electron chi connectivity index (χ0n) is 15.1. The van der Waals surface area contributed by atoms with Gasteiger partial charge in [-0.1, -0.05) is 43.1 Å². The van der Waals surface area contributed by atoms with Gasteiger partial charge in [0, 0.05) is 17.3 Å². The van der Waals surface area contributed by atoms with Crippen LogP contribution in [0.2, 0.25) is 10.2 Å². The fraction of sp³-hybridized carbons (Fsp3) is 0.389. The molecule has 0 aliphatic rings. The van der Waals surface area contributed by atoms with E-state index in [4.69, 9.17) is 27.9 Å². The molecule has 2 rings (SSSR count). The van der Waals surface area contributed by atoms with Gasteiger partial charge in [-0.2, -0.15) is 5.10 Å². The topological polar surface area (TPSA) is 73.2 Å². The molecule has 1 aromatic carbocycles. The molecule has 0 saturated heterocycles. The van der Waals surface area contributed by atoms with Crippen LogP contribution in [0, 0.1) is 19.8 Å². The van der Waals surface area contributed by atoms with E-state index in [1.165, 1.54) is 0 Å². The first-order chi connectivity index (χ1) is 12.2. The van der Waals surface area contributed by atoms with Crippen LogP contribution in [-0.2, 0) is 16.1 Å². The van der Waals surface area contributed by atoms with Gasteiger partial charge in [-0.05, 0) is 37.5 Å². The summed E-state index contributed by atoms with van der Waals surface area (Å²) < 4.78 is 6.65. The van der Waals surface area contributed by atoms with Gasteiger partial charge >= 0.3 is 5.97 Å². The summed E-state index contributed by atoms with van der Waals surface area (Å²) in [6.45, 7) is 7.66. The van der Waals surface area contributed by atoms with Gasteiger partial charge in [0.15, 0.2) is 6.61 Å². The highest BCUT2D eigenvalue weighted by atomic mass is 35.5. The fourth-order valence-electron chi connectivity index (χ4n) is 2.38. The SMILES string of the molecule is Cc1nn(CC(C)C)c(Cl)c1C(=O)OCC(=O)Nc1cccc(Cl)c1C. The first kappa shape index (κ1) is 20.3. The van der Waals surface area contributed by atoms with Crippen molar-refractivity contribution in [2.75, 3.05) is 11.9 Å². The molecule has 0 bridgehead atoms. The smallest absolute Gasteiger partial charge is 0.343 e. The van der Waals surface area contributed by atoms with Crippen LogP contribution >= 0.6 is 23.2 Å². The van der Waals surface area contributed by atoms with E-state index in [0.29, 0.717) is 28.9 Å². The van der Waals surface area contributed by atoms with E-state index in [1.54, 1.807) is 36.7 Å². The molecule has 0 fully saturated rings. The van der Waals surface area contributed by atoms with Crippen molar-refractivity contribution < 1.29 is 14.3 Å². The van der Waals surface area contributed by atoms with Crippen LogP contribution in [0.3, 0.4) is 0 Å². The molecule has 26 heavy (non-hydrogen) atoms. The molecule has 0 atom stereocenters. The van der Waals surface area contributed by atoms with Crippen molar-refractivity contribution in [3.8, 4) is 0 Å². The van der Waals surface area contributed by atoms with Gasteiger partial charge in [0.25, 0.3) is 5.91 Å². The minimum Gasteiger partial charge on any atom is -0.452 e. The predicted octanol–water partition coefficient (Wildman–Crippen LogP) is 4.26. The number of esters is 1. The lowest BCUT2D eigenvalue weighted by molar-refractivity contribution is -0.119. The average molecular weight is 398 g/mol.